The Balaban J connectivity index is 1.40. The standard InChI is InChI=1S/C26H24ClNO5/c1-17-3-10-23(15-18(17)2)33-22-11-8-21(9-12-22)28-25(30)13-14-26(31)32-16-24(29)19-4-6-20(27)7-5-19/h3-12,15H,13-14,16H2,1-2H3,(H,28,30). The lowest BCUT2D eigenvalue weighted by atomic mass is 10.1. The zero-order valence-electron chi connectivity index (χ0n) is 18.4. The molecular weight excluding hydrogens is 442 g/mol. The molecule has 0 saturated carbocycles. The summed E-state index contributed by atoms with van der Waals surface area (Å²) in [5.41, 5.74) is 3.32. The van der Waals surface area contributed by atoms with Crippen molar-refractivity contribution in [3.63, 3.8) is 0 Å². The van der Waals surface area contributed by atoms with E-state index in [1.807, 2.05) is 32.0 Å². The molecule has 33 heavy (non-hydrogen) atoms. The predicted octanol–water partition coefficient (Wildman–Crippen LogP) is 5.89. The number of ketones is 1. The maximum absolute atomic E-state index is 12.1. The Kier molecular flexibility index (Phi) is 8.22. The highest BCUT2D eigenvalue weighted by Gasteiger charge is 2.12. The molecule has 0 aliphatic rings. The molecule has 6 nitrogen and oxygen atoms in total. The number of nitrogens with one attached hydrogen (secondary N) is 1. The monoisotopic (exact) mass is 465 g/mol. The quantitative estimate of drug-likeness (QED) is 0.314. The number of aryl methyl sites for hydroxylation is 2. The van der Waals surface area contributed by atoms with Crippen molar-refractivity contribution in [2.75, 3.05) is 11.9 Å². The van der Waals surface area contributed by atoms with Crippen molar-refractivity contribution in [3.05, 3.63) is 88.4 Å². The van der Waals surface area contributed by atoms with Crippen LogP contribution >= 0.6 is 11.6 Å². The Morgan fingerprint density at radius 3 is 2.15 bits per heavy atom. The number of Topliss-reactive ketones (excluding diaryl/α,β-unsaturated/α-hetero) is 1. The predicted molar refractivity (Wildman–Crippen MR) is 127 cm³/mol. The second-order valence-corrected chi connectivity index (χ2v) is 7.95. The Hall–Kier alpha value is -3.64. The fraction of sp³-hybridized carbons (Fsp3) is 0.192. The second kappa shape index (κ2) is 11.3. The summed E-state index contributed by atoms with van der Waals surface area (Å²) in [6.07, 6.45) is -0.192. The molecule has 3 aromatic carbocycles. The lowest BCUT2D eigenvalue weighted by Gasteiger charge is -2.09. The lowest BCUT2D eigenvalue weighted by Crippen LogP contribution is -2.17. The molecule has 0 aromatic heterocycles. The number of amides is 1. The van der Waals surface area contributed by atoms with Crippen LogP contribution in [0.3, 0.4) is 0 Å². The van der Waals surface area contributed by atoms with Gasteiger partial charge in [0.25, 0.3) is 0 Å². The third-order valence-electron chi connectivity index (χ3n) is 4.94. The van der Waals surface area contributed by atoms with Crippen LogP contribution < -0.4 is 10.1 Å². The first-order chi connectivity index (χ1) is 15.8. The van der Waals surface area contributed by atoms with Gasteiger partial charge in [0.2, 0.25) is 5.91 Å². The maximum Gasteiger partial charge on any atom is 0.306 e. The van der Waals surface area contributed by atoms with Gasteiger partial charge >= 0.3 is 5.97 Å². The van der Waals surface area contributed by atoms with Gasteiger partial charge in [-0.05, 0) is 85.6 Å². The average Bonchev–Trinajstić information content (AvgIpc) is 2.80. The molecule has 1 N–H and O–H groups in total. The largest absolute Gasteiger partial charge is 0.457 e. The van der Waals surface area contributed by atoms with E-state index >= 15 is 0 Å². The summed E-state index contributed by atoms with van der Waals surface area (Å²) >= 11 is 5.78. The summed E-state index contributed by atoms with van der Waals surface area (Å²) in [5, 5.41) is 3.23. The smallest absolute Gasteiger partial charge is 0.306 e. The highest BCUT2D eigenvalue weighted by molar-refractivity contribution is 6.30. The van der Waals surface area contributed by atoms with Crippen LogP contribution in [-0.2, 0) is 14.3 Å². The summed E-state index contributed by atoms with van der Waals surface area (Å²) in [5.74, 6) is 0.0871. The van der Waals surface area contributed by atoms with Crippen LogP contribution in [0.1, 0.15) is 34.3 Å². The van der Waals surface area contributed by atoms with Crippen LogP contribution in [0, 0.1) is 13.8 Å². The van der Waals surface area contributed by atoms with Gasteiger partial charge in [-0.2, -0.15) is 0 Å². The van der Waals surface area contributed by atoms with Gasteiger partial charge in [0.1, 0.15) is 11.5 Å². The molecule has 0 bridgehead atoms. The molecule has 0 heterocycles. The average molecular weight is 466 g/mol. The van der Waals surface area contributed by atoms with Gasteiger partial charge in [-0.25, -0.2) is 0 Å². The Morgan fingerprint density at radius 1 is 0.818 bits per heavy atom. The molecule has 0 radical (unpaired) electrons. The van der Waals surface area contributed by atoms with E-state index in [-0.39, 0.29) is 31.1 Å². The minimum Gasteiger partial charge on any atom is -0.457 e. The topological polar surface area (TPSA) is 81.7 Å². The molecule has 7 heteroatoms. The second-order valence-electron chi connectivity index (χ2n) is 7.51. The molecule has 0 aliphatic carbocycles. The van der Waals surface area contributed by atoms with E-state index in [1.54, 1.807) is 48.5 Å². The van der Waals surface area contributed by atoms with Crippen LogP contribution in [0.15, 0.2) is 66.7 Å². The molecule has 170 valence electrons. The number of esters is 1. The van der Waals surface area contributed by atoms with E-state index < -0.39 is 5.97 Å². The number of hydrogen-bond donors (Lipinski definition) is 1. The summed E-state index contributed by atoms with van der Waals surface area (Å²) in [6.45, 7) is 3.68. The van der Waals surface area contributed by atoms with Crippen molar-refractivity contribution in [1.29, 1.82) is 0 Å². The fourth-order valence-electron chi connectivity index (χ4n) is 2.90. The first-order valence-corrected chi connectivity index (χ1v) is 10.8. The number of hydrogen-bond acceptors (Lipinski definition) is 5. The number of carbonyl (C=O) groups is 3. The number of anilines is 1. The SMILES string of the molecule is Cc1ccc(Oc2ccc(NC(=O)CCC(=O)OCC(=O)c3ccc(Cl)cc3)cc2)cc1C. The van der Waals surface area contributed by atoms with E-state index in [4.69, 9.17) is 21.1 Å². The maximum atomic E-state index is 12.1. The van der Waals surface area contributed by atoms with Gasteiger partial charge in [-0.1, -0.05) is 17.7 Å². The van der Waals surface area contributed by atoms with Crippen LogP contribution in [-0.4, -0.2) is 24.3 Å². The molecular formula is C26H24ClNO5. The minimum atomic E-state index is -0.621. The van der Waals surface area contributed by atoms with E-state index in [0.29, 0.717) is 22.0 Å². The Labute approximate surface area is 197 Å². The summed E-state index contributed by atoms with van der Waals surface area (Å²) < 4.78 is 10.8. The van der Waals surface area contributed by atoms with E-state index in [0.717, 1.165) is 11.3 Å². The van der Waals surface area contributed by atoms with Crippen molar-refractivity contribution in [3.8, 4) is 11.5 Å². The van der Waals surface area contributed by atoms with Crippen molar-refractivity contribution < 1.29 is 23.9 Å². The van der Waals surface area contributed by atoms with Crippen LogP contribution in [0.4, 0.5) is 5.69 Å². The lowest BCUT2D eigenvalue weighted by molar-refractivity contribution is -0.143. The molecule has 3 aromatic rings. The molecule has 3 rings (SSSR count). The molecule has 1 amide bonds. The number of rotatable bonds is 9. The normalized spacial score (nSPS) is 10.4. The van der Waals surface area contributed by atoms with Crippen molar-refractivity contribution in [2.45, 2.75) is 26.7 Å². The summed E-state index contributed by atoms with van der Waals surface area (Å²) in [7, 11) is 0. The van der Waals surface area contributed by atoms with E-state index in [2.05, 4.69) is 5.32 Å². The Morgan fingerprint density at radius 2 is 1.48 bits per heavy atom. The minimum absolute atomic E-state index is 0.0607. The third kappa shape index (κ3) is 7.47. The van der Waals surface area contributed by atoms with E-state index in [9.17, 15) is 14.4 Å². The van der Waals surface area contributed by atoms with Crippen LogP contribution in [0.2, 0.25) is 5.02 Å². The Bertz CT molecular complexity index is 1140. The molecule has 0 spiro atoms. The van der Waals surface area contributed by atoms with Gasteiger partial charge in [0.15, 0.2) is 12.4 Å². The highest BCUT2D eigenvalue weighted by Crippen LogP contribution is 2.25. The number of halogens is 1. The van der Waals surface area contributed by atoms with Crippen molar-refractivity contribution in [1.82, 2.24) is 0 Å². The number of benzene rings is 3. The molecule has 0 aliphatic heterocycles. The molecule has 0 saturated heterocycles. The summed E-state index contributed by atoms with van der Waals surface area (Å²) in [4.78, 5) is 36.0. The molecule has 0 unspecified atom stereocenters. The van der Waals surface area contributed by atoms with Crippen LogP contribution in [0.5, 0.6) is 11.5 Å². The highest BCUT2D eigenvalue weighted by atomic mass is 35.5. The summed E-state index contributed by atoms with van der Waals surface area (Å²) in [6, 6.07) is 19.1. The van der Waals surface area contributed by atoms with Gasteiger partial charge in [0, 0.05) is 22.7 Å². The zero-order valence-corrected chi connectivity index (χ0v) is 19.1. The van der Waals surface area contributed by atoms with Crippen molar-refractivity contribution in [2.24, 2.45) is 0 Å². The number of ether oxygens (including phenoxy) is 2. The van der Waals surface area contributed by atoms with Crippen molar-refractivity contribution >= 4 is 34.9 Å². The van der Waals surface area contributed by atoms with Gasteiger partial charge in [-0.15, -0.1) is 0 Å². The third-order valence-corrected chi connectivity index (χ3v) is 5.19. The first-order valence-electron chi connectivity index (χ1n) is 10.4. The van der Waals surface area contributed by atoms with Gasteiger partial charge < -0.3 is 14.8 Å². The number of carbonyl (C=O) groups excluding carboxylic acids is 3. The molecule has 0 fully saturated rings. The van der Waals surface area contributed by atoms with Gasteiger partial charge in [0.05, 0.1) is 6.42 Å². The molecule has 0 atom stereocenters. The van der Waals surface area contributed by atoms with Gasteiger partial charge in [-0.3, -0.25) is 14.4 Å². The zero-order chi connectivity index (χ0) is 23.8. The fourth-order valence-corrected chi connectivity index (χ4v) is 3.02. The van der Waals surface area contributed by atoms with Crippen LogP contribution in [0.25, 0.3) is 0 Å². The van der Waals surface area contributed by atoms with E-state index in [1.165, 1.54) is 5.56 Å². The first kappa shape index (κ1) is 24.0.